The molecule has 0 rings (SSSR count). The van der Waals surface area contributed by atoms with Crippen LogP contribution in [0.2, 0.25) is 0 Å². The second kappa shape index (κ2) is 4.65. The van der Waals surface area contributed by atoms with Crippen molar-refractivity contribution in [3.63, 3.8) is 0 Å². The molecule has 12 heavy (non-hydrogen) atoms. The summed E-state index contributed by atoms with van der Waals surface area (Å²) < 4.78 is 35.0. The Balaban J connectivity index is 3.57. The fourth-order valence-electron chi connectivity index (χ4n) is 0.760. The summed E-state index contributed by atoms with van der Waals surface area (Å²) in [6.07, 6.45) is -3.98. The fourth-order valence-corrected chi connectivity index (χ4v) is 1.27. The van der Waals surface area contributed by atoms with Crippen molar-refractivity contribution in [2.75, 3.05) is 0 Å². The van der Waals surface area contributed by atoms with Gasteiger partial charge in [-0.15, -0.1) is 11.7 Å². The van der Waals surface area contributed by atoms with E-state index in [0.717, 1.165) is 0 Å². The number of alkyl halides is 3. The van der Waals surface area contributed by atoms with Gasteiger partial charge in [-0.25, -0.2) is 0 Å². The molecule has 0 N–H and O–H groups in total. The van der Waals surface area contributed by atoms with Gasteiger partial charge in [-0.2, -0.15) is 13.2 Å². The Morgan fingerprint density at radius 2 is 1.67 bits per heavy atom. The summed E-state index contributed by atoms with van der Waals surface area (Å²) in [4.78, 5) is 0. The summed E-state index contributed by atoms with van der Waals surface area (Å²) in [5, 5.41) is 0. The van der Waals surface area contributed by atoms with Gasteiger partial charge in [0.05, 0.1) is 0 Å². The van der Waals surface area contributed by atoms with E-state index in [2.05, 4.69) is 11.7 Å². The molecule has 0 aliphatic carbocycles. The van der Waals surface area contributed by atoms with E-state index in [1.54, 1.807) is 0 Å². The standard InChI is InChI=1S/C7H13F3S2/c1-6(2,12-11)4-3-5-7(8,9)10/h11H,3-5H2,1-2H3. The summed E-state index contributed by atoms with van der Waals surface area (Å²) in [5.74, 6) is 0. The smallest absolute Gasteiger partial charge is 0.171 e. The van der Waals surface area contributed by atoms with Gasteiger partial charge in [0.25, 0.3) is 0 Å². The Hall–Kier alpha value is 0.490. The molecule has 0 nitrogen and oxygen atoms in total. The zero-order valence-corrected chi connectivity index (χ0v) is 8.82. The van der Waals surface area contributed by atoms with Gasteiger partial charge in [0.2, 0.25) is 0 Å². The minimum Gasteiger partial charge on any atom is -0.171 e. The second-order valence-electron chi connectivity index (χ2n) is 3.32. The van der Waals surface area contributed by atoms with Crippen molar-refractivity contribution in [2.24, 2.45) is 0 Å². The van der Waals surface area contributed by atoms with E-state index >= 15 is 0 Å². The molecule has 5 heteroatoms. The van der Waals surface area contributed by atoms with Crippen molar-refractivity contribution in [2.45, 2.75) is 44.0 Å². The van der Waals surface area contributed by atoms with Gasteiger partial charge in [0.1, 0.15) is 0 Å². The molecule has 0 aromatic rings. The first kappa shape index (κ1) is 12.5. The van der Waals surface area contributed by atoms with Crippen LogP contribution in [0.3, 0.4) is 0 Å². The molecule has 0 amide bonds. The molecule has 0 bridgehead atoms. The quantitative estimate of drug-likeness (QED) is 0.548. The SMILES string of the molecule is CC(C)(CCCC(F)(F)F)SS. The van der Waals surface area contributed by atoms with Crippen LogP contribution < -0.4 is 0 Å². The van der Waals surface area contributed by atoms with E-state index in [0.29, 0.717) is 6.42 Å². The average Bonchev–Trinajstić information content (AvgIpc) is 1.84. The molecular formula is C7H13F3S2. The summed E-state index contributed by atoms with van der Waals surface area (Å²) in [5.41, 5.74) is 0. The van der Waals surface area contributed by atoms with Crippen molar-refractivity contribution in [3.8, 4) is 0 Å². The van der Waals surface area contributed by atoms with E-state index in [9.17, 15) is 13.2 Å². The molecule has 74 valence electrons. The third-order valence-corrected chi connectivity index (χ3v) is 3.67. The van der Waals surface area contributed by atoms with Gasteiger partial charge >= 0.3 is 6.18 Å². The largest absolute Gasteiger partial charge is 0.389 e. The Labute approximate surface area is 80.1 Å². The van der Waals surface area contributed by atoms with Crippen LogP contribution in [0.5, 0.6) is 0 Å². The van der Waals surface area contributed by atoms with E-state index in [-0.39, 0.29) is 11.2 Å². The lowest BCUT2D eigenvalue weighted by atomic mass is 10.1. The first-order chi connectivity index (χ1) is 5.27. The van der Waals surface area contributed by atoms with Crippen LogP contribution in [0.25, 0.3) is 0 Å². The molecule has 0 radical (unpaired) electrons. The van der Waals surface area contributed by atoms with E-state index < -0.39 is 12.6 Å². The zero-order chi connectivity index (χ0) is 9.83. The van der Waals surface area contributed by atoms with Crippen LogP contribution in [0.1, 0.15) is 33.1 Å². The molecular weight excluding hydrogens is 205 g/mol. The molecule has 0 aromatic carbocycles. The van der Waals surface area contributed by atoms with Crippen molar-refractivity contribution in [1.82, 2.24) is 0 Å². The molecule has 0 aliphatic heterocycles. The number of rotatable bonds is 4. The lowest BCUT2D eigenvalue weighted by molar-refractivity contribution is -0.135. The van der Waals surface area contributed by atoms with Gasteiger partial charge in [-0.1, -0.05) is 10.8 Å². The third kappa shape index (κ3) is 7.16. The molecule has 0 atom stereocenters. The average molecular weight is 218 g/mol. The normalized spacial score (nSPS) is 13.5. The van der Waals surface area contributed by atoms with E-state index in [1.165, 1.54) is 10.8 Å². The Morgan fingerprint density at radius 1 is 1.17 bits per heavy atom. The van der Waals surface area contributed by atoms with E-state index in [1.807, 2.05) is 13.8 Å². The van der Waals surface area contributed by atoms with Crippen LogP contribution in [0.4, 0.5) is 13.2 Å². The summed E-state index contributed by atoms with van der Waals surface area (Å²) in [6, 6.07) is 0. The number of hydrogen-bond acceptors (Lipinski definition) is 2. The monoisotopic (exact) mass is 218 g/mol. The Bertz CT molecular complexity index is 131. The molecule has 0 saturated carbocycles. The third-order valence-electron chi connectivity index (χ3n) is 1.49. The molecule has 0 fully saturated rings. The maximum absolute atomic E-state index is 11.7. The molecule has 0 saturated heterocycles. The Kier molecular flexibility index (Phi) is 4.84. The first-order valence-corrected chi connectivity index (χ1v) is 5.53. The van der Waals surface area contributed by atoms with Gasteiger partial charge < -0.3 is 0 Å². The lowest BCUT2D eigenvalue weighted by Gasteiger charge is -2.20. The highest BCUT2D eigenvalue weighted by Gasteiger charge is 2.28. The van der Waals surface area contributed by atoms with Gasteiger partial charge in [0, 0.05) is 11.2 Å². The lowest BCUT2D eigenvalue weighted by Crippen LogP contribution is -2.15. The topological polar surface area (TPSA) is 0 Å². The molecule has 0 spiro atoms. The highest BCUT2D eigenvalue weighted by molar-refractivity contribution is 8.69. The number of halogens is 3. The maximum Gasteiger partial charge on any atom is 0.389 e. The molecule has 0 heterocycles. The van der Waals surface area contributed by atoms with Crippen LogP contribution in [-0.4, -0.2) is 10.9 Å². The van der Waals surface area contributed by atoms with Crippen molar-refractivity contribution in [3.05, 3.63) is 0 Å². The minimum absolute atomic E-state index is 0.158. The fraction of sp³-hybridized carbons (Fsp3) is 1.00. The van der Waals surface area contributed by atoms with Crippen LogP contribution in [0.15, 0.2) is 0 Å². The summed E-state index contributed by atoms with van der Waals surface area (Å²) >= 11 is 3.98. The number of thiol groups is 1. The molecule has 0 aliphatic rings. The van der Waals surface area contributed by atoms with Crippen LogP contribution >= 0.6 is 22.5 Å². The highest BCUT2D eigenvalue weighted by Crippen LogP contribution is 2.34. The van der Waals surface area contributed by atoms with Gasteiger partial charge in [0.15, 0.2) is 0 Å². The van der Waals surface area contributed by atoms with Gasteiger partial charge in [-0.3, -0.25) is 0 Å². The number of hydrogen-bond donors (Lipinski definition) is 1. The van der Waals surface area contributed by atoms with Crippen molar-refractivity contribution >= 4 is 22.5 Å². The predicted octanol–water partition coefficient (Wildman–Crippen LogP) is 4.08. The van der Waals surface area contributed by atoms with Crippen LogP contribution in [0, 0.1) is 0 Å². The van der Waals surface area contributed by atoms with Crippen LogP contribution in [-0.2, 0) is 0 Å². The second-order valence-corrected chi connectivity index (χ2v) is 5.16. The molecule has 0 aromatic heterocycles. The van der Waals surface area contributed by atoms with E-state index in [4.69, 9.17) is 0 Å². The maximum atomic E-state index is 11.7. The minimum atomic E-state index is -4.02. The predicted molar refractivity (Wildman–Crippen MR) is 50.6 cm³/mol. The van der Waals surface area contributed by atoms with Crippen molar-refractivity contribution in [1.29, 1.82) is 0 Å². The molecule has 0 unspecified atom stereocenters. The highest BCUT2D eigenvalue weighted by atomic mass is 33.1. The summed E-state index contributed by atoms with van der Waals surface area (Å²) in [6.45, 7) is 3.78. The first-order valence-electron chi connectivity index (χ1n) is 3.66. The zero-order valence-electron chi connectivity index (χ0n) is 7.11. The van der Waals surface area contributed by atoms with Crippen molar-refractivity contribution < 1.29 is 13.2 Å². The van der Waals surface area contributed by atoms with Gasteiger partial charge in [-0.05, 0) is 26.7 Å². The Morgan fingerprint density at radius 3 is 2.00 bits per heavy atom. The summed E-state index contributed by atoms with van der Waals surface area (Å²) in [7, 11) is 1.30.